The zero-order valence-electron chi connectivity index (χ0n) is 32.6. The molecule has 0 bridgehead atoms. The van der Waals surface area contributed by atoms with E-state index in [4.69, 9.17) is 9.97 Å². The predicted octanol–water partition coefficient (Wildman–Crippen LogP) is 14.5. The quantitative estimate of drug-likeness (QED) is 0.169. The molecule has 0 saturated carbocycles. The van der Waals surface area contributed by atoms with Crippen molar-refractivity contribution >= 4 is 54.4 Å². The number of hydrogen-bond donors (Lipinski definition) is 0. The minimum atomic E-state index is 0.698. The molecule has 0 saturated heterocycles. The van der Waals surface area contributed by atoms with Crippen LogP contribution in [0, 0.1) is 0 Å². The van der Waals surface area contributed by atoms with E-state index in [9.17, 15) is 0 Å². The fourth-order valence-corrected chi connectivity index (χ4v) is 9.19. The first-order valence-corrected chi connectivity index (χ1v) is 20.4. The molecule has 12 rings (SSSR count). The van der Waals surface area contributed by atoms with Gasteiger partial charge in [0.15, 0.2) is 5.82 Å². The van der Waals surface area contributed by atoms with Crippen molar-refractivity contribution < 1.29 is 0 Å². The molecule has 60 heavy (non-hydrogen) atoms. The third kappa shape index (κ3) is 5.46. The Balaban J connectivity index is 1.03. The zero-order chi connectivity index (χ0) is 39.6. The minimum Gasteiger partial charge on any atom is -0.309 e. The Hall–Kier alpha value is -8.08. The highest BCUT2D eigenvalue weighted by molar-refractivity contribution is 6.29. The van der Waals surface area contributed by atoms with E-state index in [0.29, 0.717) is 5.82 Å². The van der Waals surface area contributed by atoms with Gasteiger partial charge in [-0.1, -0.05) is 164 Å². The number of rotatable bonds is 6. The Morgan fingerprint density at radius 2 is 0.783 bits per heavy atom. The monoisotopic (exact) mass is 764 g/mol. The summed E-state index contributed by atoms with van der Waals surface area (Å²) in [5, 5.41) is 7.46. The van der Waals surface area contributed by atoms with Gasteiger partial charge in [-0.25, -0.2) is 9.97 Å². The normalized spacial score (nSPS) is 11.7. The largest absolute Gasteiger partial charge is 0.309 e. The summed E-state index contributed by atoms with van der Waals surface area (Å²) in [5.41, 5.74) is 14.1. The molecule has 4 heteroatoms. The number of fused-ring (bicyclic) bond motifs is 8. The summed E-state index contributed by atoms with van der Waals surface area (Å²) in [7, 11) is 0. The van der Waals surface area contributed by atoms with Crippen LogP contribution >= 0.6 is 0 Å². The van der Waals surface area contributed by atoms with Gasteiger partial charge in [-0.05, 0) is 76.5 Å². The maximum atomic E-state index is 5.26. The Kier molecular flexibility index (Phi) is 7.82. The lowest BCUT2D eigenvalue weighted by atomic mass is 9.98. The third-order valence-corrected chi connectivity index (χ3v) is 11.9. The van der Waals surface area contributed by atoms with E-state index in [-0.39, 0.29) is 0 Å². The molecule has 12 aromatic rings. The standard InChI is InChI=1S/C56H36N4/c1-3-16-38(17-4-1)44-21-9-10-22-45(44)56-57-48(39-18-5-2-6-19-39)36-49(58-56)40-28-30-42(31-29-40)59-50-25-13-11-23-46(50)54-52(59)33-34-53-55(54)47-24-12-14-26-51(47)60(53)43-32-27-37-15-7-8-20-41(37)35-43/h1-36H. The van der Waals surface area contributed by atoms with Gasteiger partial charge in [0, 0.05) is 49.6 Å². The van der Waals surface area contributed by atoms with Crippen LogP contribution in [-0.2, 0) is 0 Å². The van der Waals surface area contributed by atoms with Gasteiger partial charge in [0.25, 0.3) is 0 Å². The summed E-state index contributed by atoms with van der Waals surface area (Å²) in [6.07, 6.45) is 0. The van der Waals surface area contributed by atoms with Gasteiger partial charge < -0.3 is 9.13 Å². The molecule has 0 amide bonds. The molecular weight excluding hydrogens is 729 g/mol. The molecule has 0 aliphatic carbocycles. The average Bonchev–Trinajstić information content (AvgIpc) is 3.85. The van der Waals surface area contributed by atoms with Gasteiger partial charge in [-0.2, -0.15) is 0 Å². The highest BCUT2D eigenvalue weighted by Gasteiger charge is 2.21. The van der Waals surface area contributed by atoms with Crippen LogP contribution in [0.25, 0.3) is 111 Å². The summed E-state index contributed by atoms with van der Waals surface area (Å²) >= 11 is 0. The van der Waals surface area contributed by atoms with Gasteiger partial charge in [0.2, 0.25) is 0 Å². The molecule has 0 aliphatic heterocycles. The molecule has 9 aromatic carbocycles. The van der Waals surface area contributed by atoms with Gasteiger partial charge in [0.1, 0.15) is 0 Å². The number of hydrogen-bond acceptors (Lipinski definition) is 2. The van der Waals surface area contributed by atoms with Gasteiger partial charge in [-0.15, -0.1) is 0 Å². The molecule has 0 atom stereocenters. The van der Waals surface area contributed by atoms with Crippen LogP contribution < -0.4 is 0 Å². The second-order valence-corrected chi connectivity index (χ2v) is 15.4. The Morgan fingerprint density at radius 3 is 1.43 bits per heavy atom. The van der Waals surface area contributed by atoms with Crippen molar-refractivity contribution in [2.75, 3.05) is 0 Å². The first kappa shape index (κ1) is 34.0. The van der Waals surface area contributed by atoms with Gasteiger partial charge in [0.05, 0.1) is 33.5 Å². The summed E-state index contributed by atoms with van der Waals surface area (Å²) in [4.78, 5) is 10.4. The molecule has 0 unspecified atom stereocenters. The fraction of sp³-hybridized carbons (Fsp3) is 0. The van der Waals surface area contributed by atoms with E-state index in [1.54, 1.807) is 0 Å². The van der Waals surface area contributed by atoms with Crippen molar-refractivity contribution in [3.63, 3.8) is 0 Å². The van der Waals surface area contributed by atoms with E-state index in [1.807, 2.05) is 12.1 Å². The van der Waals surface area contributed by atoms with E-state index in [0.717, 1.165) is 50.6 Å². The van der Waals surface area contributed by atoms with Crippen molar-refractivity contribution in [1.82, 2.24) is 19.1 Å². The van der Waals surface area contributed by atoms with Crippen molar-refractivity contribution in [2.24, 2.45) is 0 Å². The molecule has 4 nitrogen and oxygen atoms in total. The summed E-state index contributed by atoms with van der Waals surface area (Å²) in [5.74, 6) is 0.698. The first-order chi connectivity index (χ1) is 29.8. The second kappa shape index (κ2) is 13.8. The van der Waals surface area contributed by atoms with Gasteiger partial charge >= 0.3 is 0 Å². The SMILES string of the molecule is c1ccc(-c2cc(-c3ccc(-n4c5ccccc5c5c6c7ccccc7n(-c7ccc8ccccc8c7)c6ccc54)cc3)nc(-c3ccccc3-c3ccccc3)n2)cc1. The van der Waals surface area contributed by atoms with Crippen LogP contribution in [0.2, 0.25) is 0 Å². The predicted molar refractivity (Wildman–Crippen MR) is 250 cm³/mol. The highest BCUT2D eigenvalue weighted by atomic mass is 15.0. The maximum Gasteiger partial charge on any atom is 0.161 e. The lowest BCUT2D eigenvalue weighted by Gasteiger charge is -2.13. The summed E-state index contributed by atoms with van der Waals surface area (Å²) in [6, 6.07) is 77.8. The van der Waals surface area contributed by atoms with Crippen LogP contribution in [-0.4, -0.2) is 19.1 Å². The van der Waals surface area contributed by atoms with Crippen LogP contribution in [0.15, 0.2) is 218 Å². The Bertz CT molecular complexity index is 3580. The topological polar surface area (TPSA) is 35.6 Å². The van der Waals surface area contributed by atoms with E-state index >= 15 is 0 Å². The smallest absolute Gasteiger partial charge is 0.161 e. The Labute approximate surface area is 346 Å². The molecule has 0 aliphatic rings. The lowest BCUT2D eigenvalue weighted by molar-refractivity contribution is 1.17. The van der Waals surface area contributed by atoms with Gasteiger partial charge in [-0.3, -0.25) is 0 Å². The number of aromatic nitrogens is 4. The molecule has 3 aromatic heterocycles. The van der Waals surface area contributed by atoms with E-state index in [1.165, 1.54) is 54.4 Å². The molecule has 0 radical (unpaired) electrons. The average molecular weight is 765 g/mol. The van der Waals surface area contributed by atoms with Crippen LogP contribution in [0.5, 0.6) is 0 Å². The van der Waals surface area contributed by atoms with Crippen LogP contribution in [0.3, 0.4) is 0 Å². The lowest BCUT2D eigenvalue weighted by Crippen LogP contribution is -1.98. The molecular formula is C56H36N4. The van der Waals surface area contributed by atoms with Crippen molar-refractivity contribution in [1.29, 1.82) is 0 Å². The number of benzene rings is 9. The maximum absolute atomic E-state index is 5.26. The molecule has 0 spiro atoms. The second-order valence-electron chi connectivity index (χ2n) is 15.4. The zero-order valence-corrected chi connectivity index (χ0v) is 32.6. The van der Waals surface area contributed by atoms with Crippen LogP contribution in [0.1, 0.15) is 0 Å². The van der Waals surface area contributed by atoms with Crippen LogP contribution in [0.4, 0.5) is 0 Å². The molecule has 280 valence electrons. The van der Waals surface area contributed by atoms with E-state index < -0.39 is 0 Å². The number of nitrogens with zero attached hydrogens (tertiary/aromatic N) is 4. The number of para-hydroxylation sites is 2. The fourth-order valence-electron chi connectivity index (χ4n) is 9.19. The van der Waals surface area contributed by atoms with Crippen molar-refractivity contribution in [3.05, 3.63) is 218 Å². The molecule has 3 heterocycles. The van der Waals surface area contributed by atoms with E-state index in [2.05, 4.69) is 215 Å². The highest BCUT2D eigenvalue weighted by Crippen LogP contribution is 2.43. The first-order valence-electron chi connectivity index (χ1n) is 20.4. The molecule has 0 N–H and O–H groups in total. The summed E-state index contributed by atoms with van der Waals surface area (Å²) < 4.78 is 4.84. The van der Waals surface area contributed by atoms with Crippen molar-refractivity contribution in [3.8, 4) is 56.4 Å². The van der Waals surface area contributed by atoms with Crippen molar-refractivity contribution in [2.45, 2.75) is 0 Å². The molecule has 0 fully saturated rings. The third-order valence-electron chi connectivity index (χ3n) is 11.9. The minimum absolute atomic E-state index is 0.698. The summed E-state index contributed by atoms with van der Waals surface area (Å²) in [6.45, 7) is 0. The Morgan fingerprint density at radius 1 is 0.300 bits per heavy atom.